The van der Waals surface area contributed by atoms with Crippen LogP contribution in [-0.2, 0) is 9.59 Å². The van der Waals surface area contributed by atoms with E-state index in [9.17, 15) is 19.7 Å². The van der Waals surface area contributed by atoms with Gasteiger partial charge in [0.2, 0.25) is 11.8 Å². The van der Waals surface area contributed by atoms with Crippen LogP contribution in [0.3, 0.4) is 0 Å². The van der Waals surface area contributed by atoms with Gasteiger partial charge < -0.3 is 0 Å². The number of nitrogens with zero attached hydrogens (tertiary/aromatic N) is 2. The molecule has 1 saturated heterocycles. The van der Waals surface area contributed by atoms with Crippen LogP contribution in [-0.4, -0.2) is 16.7 Å². The van der Waals surface area contributed by atoms with Crippen molar-refractivity contribution in [2.45, 2.75) is 19.3 Å². The summed E-state index contributed by atoms with van der Waals surface area (Å²) in [5.74, 6) is 1.23. The van der Waals surface area contributed by atoms with E-state index in [0.29, 0.717) is 29.4 Å². The number of amides is 2. The van der Waals surface area contributed by atoms with E-state index < -0.39 is 4.92 Å². The Morgan fingerprint density at radius 2 is 1.62 bits per heavy atom. The third-order valence-corrected chi connectivity index (χ3v) is 6.83. The molecule has 4 aliphatic carbocycles. The summed E-state index contributed by atoms with van der Waals surface area (Å²) in [5.41, 5.74) is 0.126. The van der Waals surface area contributed by atoms with Crippen molar-refractivity contribution in [3.05, 3.63) is 33.3 Å². The first-order valence-corrected chi connectivity index (χ1v) is 8.68. The summed E-state index contributed by atoms with van der Waals surface area (Å²) in [4.78, 5) is 37.5. The van der Waals surface area contributed by atoms with E-state index in [1.54, 1.807) is 0 Å². The fourth-order valence-corrected chi connectivity index (χ4v) is 5.82. The molecule has 2 bridgehead atoms. The number of fused-ring (bicyclic) bond motifs is 1. The number of rotatable bonds is 2. The number of halogens is 1. The third kappa shape index (κ3) is 1.67. The third-order valence-electron chi connectivity index (χ3n) is 6.53. The largest absolute Gasteiger partial charge is 0.288 e. The van der Waals surface area contributed by atoms with Crippen molar-refractivity contribution in [3.8, 4) is 0 Å². The summed E-state index contributed by atoms with van der Waals surface area (Å²) in [5, 5.41) is 10.8. The number of benzene rings is 1. The summed E-state index contributed by atoms with van der Waals surface area (Å²) in [6.07, 6.45) is 3.26. The van der Waals surface area contributed by atoms with Gasteiger partial charge >= 0.3 is 0 Å². The van der Waals surface area contributed by atoms with E-state index in [1.165, 1.54) is 29.5 Å². The van der Waals surface area contributed by atoms with Crippen LogP contribution < -0.4 is 4.90 Å². The van der Waals surface area contributed by atoms with E-state index >= 15 is 0 Å². The highest BCUT2D eigenvalue weighted by Gasteiger charge is 2.68. The molecule has 0 aromatic heterocycles. The van der Waals surface area contributed by atoms with Crippen LogP contribution >= 0.6 is 11.6 Å². The molecule has 4 saturated carbocycles. The highest BCUT2D eigenvalue weighted by Crippen LogP contribution is 2.68. The summed E-state index contributed by atoms with van der Waals surface area (Å²) >= 11 is 5.96. The standard InChI is InChI=1S/C17H15ClN2O4/c18-12-5-7(1-4-13(12)20(23)24)19-16(21)14-8-2-3-9(11-6-10(8)11)15(14)17(19)22/h1,4-5,8-11,14-15H,2-3,6H2. The zero-order valence-electron chi connectivity index (χ0n) is 12.7. The van der Waals surface area contributed by atoms with Gasteiger partial charge in [-0.2, -0.15) is 0 Å². The van der Waals surface area contributed by atoms with Gasteiger partial charge in [0.1, 0.15) is 5.02 Å². The van der Waals surface area contributed by atoms with Gasteiger partial charge in [-0.25, -0.2) is 4.90 Å². The predicted molar refractivity (Wildman–Crippen MR) is 85.4 cm³/mol. The number of carbonyl (C=O) groups excluding carboxylic acids is 2. The SMILES string of the molecule is O=C1C2C3CCC(C4CC43)C2C(=O)N1c1ccc([N+](=O)[O-])c(Cl)c1. The molecule has 0 spiro atoms. The van der Waals surface area contributed by atoms with Crippen molar-refractivity contribution in [2.24, 2.45) is 35.5 Å². The van der Waals surface area contributed by atoms with E-state index in [1.807, 2.05) is 0 Å². The molecule has 6 atom stereocenters. The second-order valence-corrected chi connectivity index (χ2v) is 7.83. The highest BCUT2D eigenvalue weighted by atomic mass is 35.5. The maximum atomic E-state index is 13.0. The fourth-order valence-electron chi connectivity index (χ4n) is 5.58. The minimum absolute atomic E-state index is 0.0567. The summed E-state index contributed by atoms with van der Waals surface area (Å²) in [7, 11) is 0. The molecule has 1 aromatic rings. The first-order valence-electron chi connectivity index (χ1n) is 8.31. The van der Waals surface area contributed by atoms with Crippen molar-refractivity contribution < 1.29 is 14.5 Å². The summed E-state index contributed by atoms with van der Waals surface area (Å²) < 4.78 is 0. The lowest BCUT2D eigenvalue weighted by atomic mass is 9.59. The number of imide groups is 1. The lowest BCUT2D eigenvalue weighted by molar-refractivity contribution is -0.384. The Labute approximate surface area is 142 Å². The maximum Gasteiger partial charge on any atom is 0.288 e. The second kappa shape index (κ2) is 4.57. The lowest BCUT2D eigenvalue weighted by Gasteiger charge is -2.42. The van der Waals surface area contributed by atoms with Crippen LogP contribution in [0.4, 0.5) is 11.4 Å². The van der Waals surface area contributed by atoms with Crippen LogP contribution in [0, 0.1) is 45.6 Å². The molecule has 0 N–H and O–H groups in total. The molecular weight excluding hydrogens is 332 g/mol. The monoisotopic (exact) mass is 346 g/mol. The maximum absolute atomic E-state index is 13.0. The van der Waals surface area contributed by atoms with E-state index in [0.717, 1.165) is 12.8 Å². The normalized spacial score (nSPS) is 39.0. The molecule has 0 radical (unpaired) electrons. The Balaban J connectivity index is 1.54. The van der Waals surface area contributed by atoms with Gasteiger partial charge in [0.25, 0.3) is 5.69 Å². The van der Waals surface area contributed by atoms with Gasteiger partial charge in [-0.05, 0) is 55.1 Å². The van der Waals surface area contributed by atoms with Gasteiger partial charge in [0.15, 0.2) is 0 Å². The quantitative estimate of drug-likeness (QED) is 0.468. The second-order valence-electron chi connectivity index (χ2n) is 7.42. The molecule has 24 heavy (non-hydrogen) atoms. The average molecular weight is 347 g/mol. The Hall–Kier alpha value is -1.95. The average Bonchev–Trinajstić information content (AvgIpc) is 3.31. The molecule has 1 aliphatic heterocycles. The predicted octanol–water partition coefficient (Wildman–Crippen LogP) is 3.03. The number of nitro benzene ring substituents is 1. The Bertz CT molecular complexity index is 776. The van der Waals surface area contributed by atoms with Gasteiger partial charge in [-0.15, -0.1) is 0 Å². The Kier molecular flexibility index (Phi) is 2.74. The zero-order chi connectivity index (χ0) is 16.7. The van der Waals surface area contributed by atoms with Gasteiger partial charge in [-0.1, -0.05) is 11.6 Å². The zero-order valence-corrected chi connectivity index (χ0v) is 13.5. The van der Waals surface area contributed by atoms with E-state index in [4.69, 9.17) is 11.6 Å². The smallest absolute Gasteiger partial charge is 0.274 e. The van der Waals surface area contributed by atoms with Crippen molar-refractivity contribution in [1.29, 1.82) is 0 Å². The van der Waals surface area contributed by atoms with Gasteiger partial charge in [-0.3, -0.25) is 19.7 Å². The first-order chi connectivity index (χ1) is 11.5. The first kappa shape index (κ1) is 14.4. The van der Waals surface area contributed by atoms with Crippen LogP contribution in [0.25, 0.3) is 0 Å². The van der Waals surface area contributed by atoms with Crippen LogP contribution in [0.15, 0.2) is 18.2 Å². The van der Waals surface area contributed by atoms with Crippen LogP contribution in [0.1, 0.15) is 19.3 Å². The number of hydrogen-bond acceptors (Lipinski definition) is 4. The summed E-state index contributed by atoms with van der Waals surface area (Å²) in [6, 6.07) is 4.06. The molecular formula is C17H15ClN2O4. The molecule has 7 heteroatoms. The van der Waals surface area contributed by atoms with Crippen molar-refractivity contribution >= 4 is 34.8 Å². The molecule has 124 valence electrons. The van der Waals surface area contributed by atoms with E-state index in [-0.39, 0.29) is 34.4 Å². The highest BCUT2D eigenvalue weighted by molar-refractivity contribution is 6.33. The van der Waals surface area contributed by atoms with Crippen LogP contribution in [0.5, 0.6) is 0 Å². The number of nitro groups is 1. The van der Waals surface area contributed by atoms with Gasteiger partial charge in [0, 0.05) is 6.07 Å². The minimum Gasteiger partial charge on any atom is -0.274 e. The van der Waals surface area contributed by atoms with Gasteiger partial charge in [0.05, 0.1) is 22.4 Å². The Morgan fingerprint density at radius 3 is 2.12 bits per heavy atom. The molecule has 6 rings (SSSR count). The lowest BCUT2D eigenvalue weighted by Crippen LogP contribution is -2.43. The topological polar surface area (TPSA) is 80.5 Å². The van der Waals surface area contributed by atoms with E-state index in [2.05, 4.69) is 0 Å². The van der Waals surface area contributed by atoms with Crippen molar-refractivity contribution in [3.63, 3.8) is 0 Å². The molecule has 6 unspecified atom stereocenters. The van der Waals surface area contributed by atoms with Crippen LogP contribution in [0.2, 0.25) is 5.02 Å². The minimum atomic E-state index is -0.576. The molecule has 2 amide bonds. The van der Waals surface area contributed by atoms with Crippen molar-refractivity contribution in [2.75, 3.05) is 4.90 Å². The number of hydrogen-bond donors (Lipinski definition) is 0. The van der Waals surface area contributed by atoms with Crippen molar-refractivity contribution in [1.82, 2.24) is 0 Å². The molecule has 1 aromatic carbocycles. The molecule has 1 heterocycles. The fraction of sp³-hybridized carbons (Fsp3) is 0.529. The number of carbonyl (C=O) groups is 2. The molecule has 6 nitrogen and oxygen atoms in total. The number of anilines is 1. The molecule has 5 fully saturated rings. The summed E-state index contributed by atoms with van der Waals surface area (Å²) in [6.45, 7) is 0. The Morgan fingerprint density at radius 1 is 1.04 bits per heavy atom. The molecule has 5 aliphatic rings.